The molecule has 4 heteroatoms. The highest BCUT2D eigenvalue weighted by atomic mass is 32.1. The normalized spacial score (nSPS) is 14.0. The van der Waals surface area contributed by atoms with Crippen LogP contribution >= 0.6 is 11.3 Å². The standard InChI is InChI=1S/C44H25NO2S/c46-42-29-14-3-10-23-40(29)48-41-25-35-30(24-31(41)42)26-12-1-4-16-32(26)44(35)33-17-5-7-19-36(33)45(37-20-8-6-18-34(37)44)38-21-11-15-28-27-13-2-9-22-39(27)47-43(28)38/h1-25H. The minimum Gasteiger partial charge on any atom is -0.454 e. The van der Waals surface area contributed by atoms with Crippen molar-refractivity contribution >= 4 is 70.5 Å². The van der Waals surface area contributed by atoms with Crippen LogP contribution in [-0.2, 0) is 5.41 Å². The largest absolute Gasteiger partial charge is 0.454 e. The van der Waals surface area contributed by atoms with E-state index in [1.54, 1.807) is 11.3 Å². The summed E-state index contributed by atoms with van der Waals surface area (Å²) >= 11 is 1.70. The van der Waals surface area contributed by atoms with Gasteiger partial charge in [-0.25, -0.2) is 0 Å². The highest BCUT2D eigenvalue weighted by Gasteiger charge is 2.52. The minimum atomic E-state index is -0.590. The number of rotatable bonds is 1. The number of furan rings is 1. The Morgan fingerprint density at radius 3 is 1.92 bits per heavy atom. The fraction of sp³-hybridized carbons (Fsp3) is 0.0227. The van der Waals surface area contributed by atoms with Gasteiger partial charge in [-0.1, -0.05) is 103 Å². The lowest BCUT2D eigenvalue weighted by atomic mass is 9.64. The molecule has 1 aliphatic carbocycles. The number of benzene rings is 7. The first kappa shape index (κ1) is 26.1. The number of hydrogen-bond donors (Lipinski definition) is 0. The van der Waals surface area contributed by atoms with Crippen molar-refractivity contribution in [3.05, 3.63) is 184 Å². The van der Waals surface area contributed by atoms with Gasteiger partial charge in [-0.15, -0.1) is 11.3 Å². The molecule has 9 aromatic rings. The van der Waals surface area contributed by atoms with Crippen molar-refractivity contribution in [2.45, 2.75) is 5.41 Å². The molecule has 0 fully saturated rings. The summed E-state index contributed by atoms with van der Waals surface area (Å²) in [5.41, 5.74) is 11.6. The molecule has 0 radical (unpaired) electrons. The van der Waals surface area contributed by atoms with Gasteiger partial charge in [0.25, 0.3) is 0 Å². The van der Waals surface area contributed by atoms with Crippen LogP contribution in [-0.4, -0.2) is 0 Å². The summed E-state index contributed by atoms with van der Waals surface area (Å²) < 4.78 is 8.64. The van der Waals surface area contributed by atoms with Gasteiger partial charge in [0, 0.05) is 30.9 Å². The lowest BCUT2D eigenvalue weighted by Crippen LogP contribution is -2.36. The summed E-state index contributed by atoms with van der Waals surface area (Å²) in [7, 11) is 0. The highest BCUT2D eigenvalue weighted by Crippen LogP contribution is 2.64. The van der Waals surface area contributed by atoms with E-state index in [0.29, 0.717) is 0 Å². The molecule has 2 aromatic heterocycles. The van der Waals surface area contributed by atoms with E-state index in [1.807, 2.05) is 30.3 Å². The number of anilines is 3. The molecule has 0 unspecified atom stereocenters. The molecule has 1 aliphatic heterocycles. The SMILES string of the molecule is O=c1c2ccccc2sc2cc3c(cc12)-c1ccccc1C31c2ccccc2N(c2cccc3c2oc2ccccc23)c2ccccc21. The summed E-state index contributed by atoms with van der Waals surface area (Å²) in [4.78, 5) is 16.3. The molecule has 7 aromatic carbocycles. The molecular formula is C44H25NO2S. The zero-order valence-electron chi connectivity index (χ0n) is 25.6. The maximum atomic E-state index is 13.9. The molecule has 0 saturated heterocycles. The molecule has 48 heavy (non-hydrogen) atoms. The van der Waals surface area contributed by atoms with Crippen LogP contribution in [0.2, 0.25) is 0 Å². The molecule has 0 amide bonds. The summed E-state index contributed by atoms with van der Waals surface area (Å²) in [6.45, 7) is 0. The lowest BCUT2D eigenvalue weighted by Gasteiger charge is -2.45. The van der Waals surface area contributed by atoms with Gasteiger partial charge in [-0.3, -0.25) is 4.79 Å². The third-order valence-electron chi connectivity index (χ3n) is 10.5. The number of fused-ring (bicyclic) bond motifs is 14. The fourth-order valence-electron chi connectivity index (χ4n) is 8.57. The van der Waals surface area contributed by atoms with Crippen molar-refractivity contribution in [3.63, 3.8) is 0 Å². The van der Waals surface area contributed by atoms with Gasteiger partial charge < -0.3 is 9.32 Å². The second kappa shape index (κ2) is 9.31. The third-order valence-corrected chi connectivity index (χ3v) is 11.6. The van der Waals surface area contributed by atoms with Crippen molar-refractivity contribution in [2.75, 3.05) is 4.90 Å². The molecule has 2 aliphatic rings. The third kappa shape index (κ3) is 3.15. The highest BCUT2D eigenvalue weighted by molar-refractivity contribution is 7.24. The average Bonchev–Trinajstić information content (AvgIpc) is 3.66. The Balaban J connectivity index is 1.28. The minimum absolute atomic E-state index is 0.0927. The van der Waals surface area contributed by atoms with Crippen LogP contribution in [0.3, 0.4) is 0 Å². The Morgan fingerprint density at radius 2 is 1.10 bits per heavy atom. The topological polar surface area (TPSA) is 33.5 Å². The van der Waals surface area contributed by atoms with Crippen LogP contribution in [0.15, 0.2) is 161 Å². The molecule has 224 valence electrons. The number of hydrogen-bond acceptors (Lipinski definition) is 4. The zero-order chi connectivity index (χ0) is 31.6. The monoisotopic (exact) mass is 631 g/mol. The predicted molar refractivity (Wildman–Crippen MR) is 198 cm³/mol. The first-order valence-electron chi connectivity index (χ1n) is 16.2. The van der Waals surface area contributed by atoms with Gasteiger partial charge in [-0.2, -0.15) is 0 Å². The Morgan fingerprint density at radius 1 is 0.479 bits per heavy atom. The van der Waals surface area contributed by atoms with Crippen LogP contribution in [0.5, 0.6) is 0 Å². The van der Waals surface area contributed by atoms with Crippen LogP contribution in [0, 0.1) is 0 Å². The molecule has 0 N–H and O–H groups in total. The average molecular weight is 632 g/mol. The smallest absolute Gasteiger partial charge is 0.195 e. The van der Waals surface area contributed by atoms with Crippen molar-refractivity contribution < 1.29 is 4.42 Å². The van der Waals surface area contributed by atoms with Crippen LogP contribution < -0.4 is 10.3 Å². The van der Waals surface area contributed by atoms with Crippen LogP contribution in [0.4, 0.5) is 17.1 Å². The fourth-order valence-corrected chi connectivity index (χ4v) is 9.66. The molecular weight excluding hydrogens is 607 g/mol. The van der Waals surface area contributed by atoms with E-state index in [0.717, 1.165) is 64.7 Å². The van der Waals surface area contributed by atoms with Gasteiger partial charge in [0.15, 0.2) is 11.0 Å². The summed E-state index contributed by atoms with van der Waals surface area (Å²) in [6.07, 6.45) is 0. The van der Waals surface area contributed by atoms with Crippen molar-refractivity contribution in [3.8, 4) is 11.1 Å². The molecule has 1 spiro atoms. The van der Waals surface area contributed by atoms with Crippen LogP contribution in [0.1, 0.15) is 22.3 Å². The van der Waals surface area contributed by atoms with Crippen molar-refractivity contribution in [2.24, 2.45) is 0 Å². The van der Waals surface area contributed by atoms with Gasteiger partial charge in [0.05, 0.1) is 22.5 Å². The van der Waals surface area contributed by atoms with Crippen LogP contribution in [0.25, 0.3) is 53.2 Å². The Hall–Kier alpha value is -5.97. The lowest BCUT2D eigenvalue weighted by molar-refractivity contribution is 0.668. The number of para-hydroxylation sites is 4. The molecule has 0 saturated carbocycles. The summed E-state index contributed by atoms with van der Waals surface area (Å²) in [6, 6.07) is 53.5. The van der Waals surface area contributed by atoms with E-state index in [4.69, 9.17) is 4.42 Å². The van der Waals surface area contributed by atoms with Gasteiger partial charge >= 0.3 is 0 Å². The van der Waals surface area contributed by atoms with Crippen molar-refractivity contribution in [1.29, 1.82) is 0 Å². The van der Waals surface area contributed by atoms with Gasteiger partial charge in [0.2, 0.25) is 0 Å². The second-order valence-corrected chi connectivity index (χ2v) is 13.8. The molecule has 11 rings (SSSR count). The zero-order valence-corrected chi connectivity index (χ0v) is 26.4. The number of nitrogens with zero attached hydrogens (tertiary/aromatic N) is 1. The molecule has 0 bridgehead atoms. The van der Waals surface area contributed by atoms with E-state index in [2.05, 4.69) is 126 Å². The molecule has 3 nitrogen and oxygen atoms in total. The predicted octanol–water partition coefficient (Wildman–Crippen LogP) is 11.5. The van der Waals surface area contributed by atoms with Crippen molar-refractivity contribution in [1.82, 2.24) is 0 Å². The first-order chi connectivity index (χ1) is 23.7. The second-order valence-electron chi connectivity index (χ2n) is 12.7. The summed E-state index contributed by atoms with van der Waals surface area (Å²) in [5.74, 6) is 0. The Labute approximate surface area is 279 Å². The maximum Gasteiger partial charge on any atom is 0.195 e. The molecule has 3 heterocycles. The first-order valence-corrected chi connectivity index (χ1v) is 17.0. The van der Waals surface area contributed by atoms with Gasteiger partial charge in [0.1, 0.15) is 5.58 Å². The quantitative estimate of drug-likeness (QED) is 0.169. The maximum absolute atomic E-state index is 13.9. The summed E-state index contributed by atoms with van der Waals surface area (Å²) in [5, 5.41) is 3.77. The van der Waals surface area contributed by atoms with E-state index < -0.39 is 5.41 Å². The Kier molecular flexibility index (Phi) is 5.07. The van der Waals surface area contributed by atoms with E-state index in [1.165, 1.54) is 27.8 Å². The molecule has 0 atom stereocenters. The van der Waals surface area contributed by atoms with E-state index in [-0.39, 0.29) is 5.43 Å². The van der Waals surface area contributed by atoms with Gasteiger partial charge in [-0.05, 0) is 81.9 Å². The Bertz CT molecular complexity index is 2850. The van der Waals surface area contributed by atoms with E-state index >= 15 is 0 Å². The van der Waals surface area contributed by atoms with E-state index in [9.17, 15) is 4.79 Å².